The molecule has 2 heteroatoms. The van der Waals surface area contributed by atoms with Crippen molar-refractivity contribution in [3.8, 4) is 23.7 Å². The zero-order chi connectivity index (χ0) is 17.0. The third-order valence-corrected chi connectivity index (χ3v) is 3.67. The van der Waals surface area contributed by atoms with Gasteiger partial charge in [-0.25, -0.2) is 0 Å². The Kier molecular flexibility index (Phi) is 7.64. The number of hydrogen-bond donors (Lipinski definition) is 2. The van der Waals surface area contributed by atoms with Crippen LogP contribution in [0.4, 0.5) is 0 Å². The van der Waals surface area contributed by atoms with Crippen molar-refractivity contribution in [2.24, 2.45) is 0 Å². The molecule has 0 aliphatic rings. The number of quaternary nitrogens is 2. The topological polar surface area (TPSA) is 8.88 Å². The van der Waals surface area contributed by atoms with E-state index in [0.717, 1.165) is 37.3 Å². The van der Waals surface area contributed by atoms with E-state index in [4.69, 9.17) is 0 Å². The van der Waals surface area contributed by atoms with Gasteiger partial charge in [0, 0.05) is 11.1 Å². The van der Waals surface area contributed by atoms with Crippen LogP contribution in [0.5, 0.6) is 0 Å². The van der Waals surface area contributed by atoms with Gasteiger partial charge in [0.1, 0.15) is 26.2 Å². The van der Waals surface area contributed by atoms with Crippen molar-refractivity contribution in [3.63, 3.8) is 0 Å². The van der Waals surface area contributed by atoms with Gasteiger partial charge in [-0.3, -0.25) is 0 Å². The fraction of sp³-hybridized carbons (Fsp3) is 0.273. The molecule has 0 bridgehead atoms. The Labute approximate surface area is 146 Å². The first-order valence-corrected chi connectivity index (χ1v) is 8.44. The molecule has 0 amide bonds. The van der Waals surface area contributed by atoms with Crippen LogP contribution in [0.25, 0.3) is 0 Å². The number of nitrogens with one attached hydrogen (secondary N) is 2. The van der Waals surface area contributed by atoms with Gasteiger partial charge in [-0.15, -0.1) is 0 Å². The molecule has 24 heavy (non-hydrogen) atoms. The molecule has 0 spiro atoms. The van der Waals surface area contributed by atoms with Crippen molar-refractivity contribution >= 4 is 0 Å². The highest BCUT2D eigenvalue weighted by Crippen LogP contribution is 1.94. The van der Waals surface area contributed by atoms with E-state index in [0.29, 0.717) is 0 Å². The molecule has 0 aliphatic heterocycles. The number of likely N-dealkylation sites (N-methyl/N-ethyl adjacent to an activating group) is 1. The molecule has 0 atom stereocenters. The van der Waals surface area contributed by atoms with E-state index in [1.54, 1.807) is 0 Å². The fourth-order valence-corrected chi connectivity index (χ4v) is 2.25. The highest BCUT2D eigenvalue weighted by Gasteiger charge is 2.07. The zero-order valence-electron chi connectivity index (χ0n) is 14.6. The number of benzene rings is 2. The Morgan fingerprint density at radius 3 is 1.54 bits per heavy atom. The van der Waals surface area contributed by atoms with Gasteiger partial charge in [0.05, 0.1) is 14.1 Å². The average Bonchev–Trinajstić information content (AvgIpc) is 2.61. The molecule has 0 saturated heterocycles. The van der Waals surface area contributed by atoms with E-state index in [1.165, 1.54) is 9.80 Å². The van der Waals surface area contributed by atoms with Crippen molar-refractivity contribution in [2.75, 3.05) is 40.3 Å². The maximum atomic E-state index is 3.31. The van der Waals surface area contributed by atoms with Gasteiger partial charge in [-0.1, -0.05) is 48.2 Å². The minimum Gasteiger partial charge on any atom is -0.335 e. The van der Waals surface area contributed by atoms with E-state index in [1.807, 2.05) is 60.7 Å². The summed E-state index contributed by atoms with van der Waals surface area (Å²) < 4.78 is 0. The summed E-state index contributed by atoms with van der Waals surface area (Å²) in [6.45, 7) is 3.85. The first-order valence-electron chi connectivity index (χ1n) is 8.44. The molecule has 2 nitrogen and oxygen atoms in total. The second-order valence-corrected chi connectivity index (χ2v) is 6.15. The van der Waals surface area contributed by atoms with Crippen LogP contribution in [-0.2, 0) is 0 Å². The molecule has 0 aliphatic carbocycles. The second-order valence-electron chi connectivity index (χ2n) is 6.15. The summed E-state index contributed by atoms with van der Waals surface area (Å²) in [6, 6.07) is 20.3. The van der Waals surface area contributed by atoms with Gasteiger partial charge in [0.2, 0.25) is 0 Å². The summed E-state index contributed by atoms with van der Waals surface area (Å²) in [7, 11) is 4.37. The summed E-state index contributed by atoms with van der Waals surface area (Å²) >= 11 is 0. The molecular weight excluding hydrogens is 292 g/mol. The van der Waals surface area contributed by atoms with E-state index >= 15 is 0 Å². The molecule has 0 heterocycles. The van der Waals surface area contributed by atoms with Gasteiger partial charge in [-0.2, -0.15) is 0 Å². The minimum atomic E-state index is 0.825. The highest BCUT2D eigenvalue weighted by atomic mass is 15.2. The summed E-state index contributed by atoms with van der Waals surface area (Å²) in [6.07, 6.45) is 0. The van der Waals surface area contributed by atoms with Crippen LogP contribution >= 0.6 is 0 Å². The number of rotatable bonds is 5. The third-order valence-electron chi connectivity index (χ3n) is 3.67. The van der Waals surface area contributed by atoms with Gasteiger partial charge < -0.3 is 9.80 Å². The van der Waals surface area contributed by atoms with Gasteiger partial charge in [0.15, 0.2) is 0 Å². The van der Waals surface area contributed by atoms with Crippen LogP contribution in [0.2, 0.25) is 0 Å². The molecule has 2 aromatic rings. The summed E-state index contributed by atoms with van der Waals surface area (Å²) in [5, 5.41) is 0. The maximum absolute atomic E-state index is 3.31. The van der Waals surface area contributed by atoms with E-state index in [2.05, 4.69) is 37.8 Å². The standard InChI is InChI=1S/C22H24N2/c1-23(2)19-20-24(17-9-15-21-11-5-3-6-12-21)18-10-16-22-13-7-4-8-14-22/h3-8,11-14H,17-20H2,1-2H3/p+2. The monoisotopic (exact) mass is 318 g/mol. The third kappa shape index (κ3) is 7.16. The van der Waals surface area contributed by atoms with E-state index < -0.39 is 0 Å². The molecule has 0 fully saturated rings. The molecule has 0 radical (unpaired) electrons. The second kappa shape index (κ2) is 10.3. The lowest BCUT2D eigenvalue weighted by atomic mass is 10.2. The lowest BCUT2D eigenvalue weighted by molar-refractivity contribution is -0.932. The smallest absolute Gasteiger partial charge is 0.140 e. The van der Waals surface area contributed by atoms with Crippen molar-refractivity contribution in [1.29, 1.82) is 0 Å². The minimum absolute atomic E-state index is 0.825. The molecule has 0 saturated carbocycles. The molecule has 2 rings (SSSR count). The fourth-order valence-electron chi connectivity index (χ4n) is 2.25. The summed E-state index contributed by atoms with van der Waals surface area (Å²) in [4.78, 5) is 2.88. The normalized spacial score (nSPS) is 10.0. The predicted molar refractivity (Wildman–Crippen MR) is 99.9 cm³/mol. The Morgan fingerprint density at radius 2 is 1.12 bits per heavy atom. The largest absolute Gasteiger partial charge is 0.335 e. The molecule has 0 unspecified atom stereocenters. The number of hydrogen-bond acceptors (Lipinski definition) is 0. The predicted octanol–water partition coefficient (Wildman–Crippen LogP) is 0.119. The van der Waals surface area contributed by atoms with Gasteiger partial charge in [-0.05, 0) is 36.1 Å². The van der Waals surface area contributed by atoms with Crippen molar-refractivity contribution in [3.05, 3.63) is 71.8 Å². The molecule has 122 valence electrons. The highest BCUT2D eigenvalue weighted by molar-refractivity contribution is 5.34. The Bertz CT molecular complexity index is 653. The van der Waals surface area contributed by atoms with E-state index in [9.17, 15) is 0 Å². The Hall–Kier alpha value is -2.52. The molecule has 0 aromatic heterocycles. The molecular formula is C22H26N2+2. The first kappa shape index (κ1) is 17.8. The molecule has 2 N–H and O–H groups in total. The van der Waals surface area contributed by atoms with E-state index in [-0.39, 0.29) is 0 Å². The first-order chi connectivity index (χ1) is 11.7. The maximum Gasteiger partial charge on any atom is 0.140 e. The van der Waals surface area contributed by atoms with Crippen LogP contribution in [0, 0.1) is 23.7 Å². The van der Waals surface area contributed by atoms with Crippen LogP contribution in [-0.4, -0.2) is 40.3 Å². The Balaban J connectivity index is 1.94. The van der Waals surface area contributed by atoms with Crippen LogP contribution in [0.15, 0.2) is 60.7 Å². The quantitative estimate of drug-likeness (QED) is 0.725. The average molecular weight is 318 g/mol. The van der Waals surface area contributed by atoms with Crippen molar-refractivity contribution in [2.45, 2.75) is 0 Å². The molecule has 2 aromatic carbocycles. The van der Waals surface area contributed by atoms with Crippen LogP contribution in [0.3, 0.4) is 0 Å². The van der Waals surface area contributed by atoms with Crippen LogP contribution < -0.4 is 9.80 Å². The Morgan fingerprint density at radius 1 is 0.667 bits per heavy atom. The van der Waals surface area contributed by atoms with Crippen LogP contribution in [0.1, 0.15) is 11.1 Å². The lowest BCUT2D eigenvalue weighted by Crippen LogP contribution is -3.18. The summed E-state index contributed by atoms with van der Waals surface area (Å²) in [5.74, 6) is 13.1. The zero-order valence-corrected chi connectivity index (χ0v) is 14.6. The van der Waals surface area contributed by atoms with Gasteiger partial charge in [0.25, 0.3) is 0 Å². The summed E-state index contributed by atoms with van der Waals surface area (Å²) in [5.41, 5.74) is 2.15. The lowest BCUT2D eigenvalue weighted by Gasteiger charge is -2.15. The van der Waals surface area contributed by atoms with Crippen molar-refractivity contribution in [1.82, 2.24) is 0 Å². The van der Waals surface area contributed by atoms with Crippen molar-refractivity contribution < 1.29 is 9.80 Å². The van der Waals surface area contributed by atoms with Gasteiger partial charge >= 0.3 is 0 Å². The SMILES string of the molecule is C[NH+](C)CC[NH+](CC#Cc1ccccc1)CC#Cc1ccccc1.